The monoisotopic (exact) mass is 707 g/mol. The summed E-state index contributed by atoms with van der Waals surface area (Å²) in [4.78, 5) is 25.1. The molecule has 0 aliphatic heterocycles. The number of rotatable bonds is 14. The Morgan fingerprint density at radius 3 is 2.50 bits per heavy atom. The molecule has 3 aliphatic carbocycles. The second-order valence-electron chi connectivity index (χ2n) is 16.5. The summed E-state index contributed by atoms with van der Waals surface area (Å²) < 4.78 is 13.3. The molecule has 2 aromatic carbocycles. The number of nitrogens with one attached hydrogen (secondary N) is 2. The number of hydrogen-bond acceptors (Lipinski definition) is 8. The van der Waals surface area contributed by atoms with Crippen LogP contribution in [0.15, 0.2) is 55.0 Å². The van der Waals surface area contributed by atoms with E-state index in [0.717, 1.165) is 52.1 Å². The van der Waals surface area contributed by atoms with Crippen LogP contribution in [-0.2, 0) is 16.8 Å². The van der Waals surface area contributed by atoms with Gasteiger partial charge in [0.25, 0.3) is 0 Å². The van der Waals surface area contributed by atoms with Gasteiger partial charge in [0, 0.05) is 55.5 Å². The summed E-state index contributed by atoms with van der Waals surface area (Å²) in [5.74, 6) is 3.76. The SMILES string of the molecule is COc1ccc(CNc2ncnc3c2ccn3[C@H]2CC[C@@H](CN(C3CCC3)C3CC(CCC(=O)Nc4ccc(C(C)(C)C)cc4N)C3)C2)c(OC)c1. The number of amides is 1. The number of nitrogens with two attached hydrogens (primary N) is 1. The Morgan fingerprint density at radius 1 is 0.962 bits per heavy atom. The quantitative estimate of drug-likeness (QED) is 0.112. The fourth-order valence-corrected chi connectivity index (χ4v) is 8.56. The van der Waals surface area contributed by atoms with Crippen molar-refractivity contribution in [2.24, 2.45) is 11.8 Å². The van der Waals surface area contributed by atoms with Crippen molar-refractivity contribution < 1.29 is 14.3 Å². The third kappa shape index (κ3) is 7.87. The van der Waals surface area contributed by atoms with Crippen LogP contribution in [0.25, 0.3) is 11.0 Å². The molecule has 4 N–H and O–H groups in total. The maximum atomic E-state index is 12.9. The molecule has 10 nitrogen and oxygen atoms in total. The van der Waals surface area contributed by atoms with E-state index < -0.39 is 0 Å². The number of benzene rings is 2. The summed E-state index contributed by atoms with van der Waals surface area (Å²) >= 11 is 0. The molecule has 278 valence electrons. The van der Waals surface area contributed by atoms with Gasteiger partial charge in [-0.05, 0) is 105 Å². The Kier molecular flexibility index (Phi) is 10.6. The van der Waals surface area contributed by atoms with E-state index in [-0.39, 0.29) is 11.3 Å². The van der Waals surface area contributed by atoms with Crippen LogP contribution in [0.1, 0.15) is 102 Å². The van der Waals surface area contributed by atoms with Crippen molar-refractivity contribution >= 4 is 34.1 Å². The molecule has 10 heteroatoms. The number of aromatic nitrogens is 3. The average Bonchev–Trinajstić information content (AvgIpc) is 3.73. The first-order valence-electron chi connectivity index (χ1n) is 19.3. The van der Waals surface area contributed by atoms with Crippen molar-refractivity contribution in [1.82, 2.24) is 19.4 Å². The number of nitrogens with zero attached hydrogens (tertiary/aromatic N) is 4. The van der Waals surface area contributed by atoms with Crippen LogP contribution >= 0.6 is 0 Å². The van der Waals surface area contributed by atoms with Crippen LogP contribution < -0.4 is 25.8 Å². The van der Waals surface area contributed by atoms with Crippen molar-refractivity contribution in [3.63, 3.8) is 0 Å². The Labute approximate surface area is 308 Å². The maximum absolute atomic E-state index is 12.9. The van der Waals surface area contributed by atoms with E-state index in [1.54, 1.807) is 20.5 Å². The minimum atomic E-state index is 0.0230. The minimum absolute atomic E-state index is 0.0230. The number of carbonyl (C=O) groups excluding carboxylic acids is 1. The van der Waals surface area contributed by atoms with Crippen LogP contribution in [0, 0.1) is 11.8 Å². The van der Waals surface area contributed by atoms with E-state index in [1.165, 1.54) is 63.5 Å². The first-order chi connectivity index (χ1) is 25.1. The van der Waals surface area contributed by atoms with Gasteiger partial charge >= 0.3 is 0 Å². The normalized spacial score (nSPS) is 21.9. The summed E-state index contributed by atoms with van der Waals surface area (Å²) in [6.07, 6.45) is 15.4. The number of fused-ring (bicyclic) bond motifs is 1. The second-order valence-corrected chi connectivity index (χ2v) is 16.5. The first-order valence-corrected chi connectivity index (χ1v) is 19.3. The van der Waals surface area contributed by atoms with Crippen LogP contribution in [0.5, 0.6) is 11.5 Å². The first kappa shape index (κ1) is 36.1. The lowest BCUT2D eigenvalue weighted by atomic mass is 9.74. The van der Waals surface area contributed by atoms with E-state index in [0.29, 0.717) is 42.6 Å². The molecule has 0 radical (unpaired) electrons. The Morgan fingerprint density at radius 2 is 1.79 bits per heavy atom. The largest absolute Gasteiger partial charge is 0.497 e. The molecule has 0 unspecified atom stereocenters. The number of methoxy groups -OCH3 is 2. The van der Waals surface area contributed by atoms with E-state index in [1.807, 2.05) is 30.3 Å². The van der Waals surface area contributed by atoms with E-state index in [2.05, 4.69) is 64.2 Å². The van der Waals surface area contributed by atoms with Gasteiger partial charge in [-0.3, -0.25) is 9.69 Å². The van der Waals surface area contributed by atoms with Crippen LogP contribution in [-0.4, -0.2) is 58.2 Å². The molecule has 4 aromatic rings. The summed E-state index contributed by atoms with van der Waals surface area (Å²) in [5, 5.41) is 7.64. The van der Waals surface area contributed by atoms with Crippen molar-refractivity contribution in [2.45, 2.75) is 115 Å². The molecule has 2 heterocycles. The molecule has 0 bridgehead atoms. The fourth-order valence-electron chi connectivity index (χ4n) is 8.56. The lowest BCUT2D eigenvalue weighted by Crippen LogP contribution is -2.53. The molecule has 3 saturated carbocycles. The van der Waals surface area contributed by atoms with E-state index >= 15 is 0 Å². The van der Waals surface area contributed by atoms with Gasteiger partial charge in [-0.25, -0.2) is 9.97 Å². The minimum Gasteiger partial charge on any atom is -0.497 e. The number of ether oxygens (including phenoxy) is 2. The van der Waals surface area contributed by atoms with Gasteiger partial charge < -0.3 is 30.4 Å². The average molecular weight is 708 g/mol. The van der Waals surface area contributed by atoms with Crippen molar-refractivity contribution in [3.8, 4) is 11.5 Å². The number of nitrogen functional groups attached to an aromatic ring is 1. The molecule has 52 heavy (non-hydrogen) atoms. The molecule has 2 atom stereocenters. The smallest absolute Gasteiger partial charge is 0.224 e. The van der Waals surface area contributed by atoms with Crippen molar-refractivity contribution in [2.75, 3.05) is 37.1 Å². The molecule has 1 amide bonds. The summed E-state index contributed by atoms with van der Waals surface area (Å²) in [6, 6.07) is 15.9. The maximum Gasteiger partial charge on any atom is 0.224 e. The predicted molar refractivity (Wildman–Crippen MR) is 209 cm³/mol. The van der Waals surface area contributed by atoms with Gasteiger partial charge in [0.2, 0.25) is 5.91 Å². The molecule has 0 spiro atoms. The lowest BCUT2D eigenvalue weighted by molar-refractivity contribution is -0.116. The standard InChI is InChI=1S/C42H57N7O3/c1-42(2,3)30-12-15-37(36(43)22-30)47-39(50)16-10-27-19-33(20-27)49(31-7-6-8-31)25-28-9-13-32(21-28)48-18-17-35-40(45-26-46-41(35)48)44-24-29-11-14-34(51-4)23-38(29)52-5/h11-12,14-15,17-18,22-23,26-28,31-33H,6-10,13,16,19-21,24-25,43H2,1-5H3,(H,47,50)(H,44,45,46)/t27?,28-,32+,33?/m1/s1. The summed E-state index contributed by atoms with van der Waals surface area (Å²) in [6.45, 7) is 8.28. The number of carbonyl (C=O) groups is 1. The van der Waals surface area contributed by atoms with Crippen molar-refractivity contribution in [1.29, 1.82) is 0 Å². The van der Waals surface area contributed by atoms with Gasteiger partial charge in [-0.2, -0.15) is 0 Å². The Hall–Kier alpha value is -4.31. The van der Waals surface area contributed by atoms with E-state index in [4.69, 9.17) is 20.2 Å². The zero-order valence-corrected chi connectivity index (χ0v) is 31.7. The lowest BCUT2D eigenvalue weighted by Gasteiger charge is -2.50. The number of hydrogen-bond donors (Lipinski definition) is 3. The van der Waals surface area contributed by atoms with Crippen LogP contribution in [0.3, 0.4) is 0 Å². The predicted octanol–water partition coefficient (Wildman–Crippen LogP) is 8.33. The molecule has 2 aromatic heterocycles. The second kappa shape index (κ2) is 15.3. The molecular formula is C42H57N7O3. The third-order valence-corrected chi connectivity index (χ3v) is 12.0. The van der Waals surface area contributed by atoms with Gasteiger partial charge in [0.15, 0.2) is 0 Å². The molecular weight excluding hydrogens is 651 g/mol. The van der Waals surface area contributed by atoms with Gasteiger partial charge in [0.1, 0.15) is 29.3 Å². The zero-order valence-electron chi connectivity index (χ0n) is 31.7. The third-order valence-electron chi connectivity index (χ3n) is 12.0. The van der Waals surface area contributed by atoms with Crippen LogP contribution in [0.4, 0.5) is 17.2 Å². The fraction of sp³-hybridized carbons (Fsp3) is 0.548. The molecule has 7 rings (SSSR count). The highest BCUT2D eigenvalue weighted by Crippen LogP contribution is 2.43. The van der Waals surface area contributed by atoms with Crippen LogP contribution in [0.2, 0.25) is 0 Å². The summed E-state index contributed by atoms with van der Waals surface area (Å²) in [7, 11) is 3.34. The van der Waals surface area contributed by atoms with Gasteiger partial charge in [-0.1, -0.05) is 33.3 Å². The highest BCUT2D eigenvalue weighted by molar-refractivity contribution is 5.94. The molecule has 3 aliphatic rings. The Bertz CT molecular complexity index is 1860. The van der Waals surface area contributed by atoms with E-state index in [9.17, 15) is 4.79 Å². The van der Waals surface area contributed by atoms with Gasteiger partial charge in [0.05, 0.1) is 31.0 Å². The zero-order chi connectivity index (χ0) is 36.4. The van der Waals surface area contributed by atoms with Gasteiger partial charge in [-0.15, -0.1) is 0 Å². The Balaban J connectivity index is 0.909. The number of anilines is 3. The molecule has 0 saturated heterocycles. The van der Waals surface area contributed by atoms with Crippen molar-refractivity contribution in [3.05, 3.63) is 66.1 Å². The highest BCUT2D eigenvalue weighted by Gasteiger charge is 2.40. The highest BCUT2D eigenvalue weighted by atomic mass is 16.5. The topological polar surface area (TPSA) is 120 Å². The molecule has 3 fully saturated rings. The summed E-state index contributed by atoms with van der Waals surface area (Å²) in [5.41, 5.74) is 10.9.